The van der Waals surface area contributed by atoms with Gasteiger partial charge >= 0.3 is 5.97 Å². The van der Waals surface area contributed by atoms with Crippen LogP contribution in [0.1, 0.15) is 28.9 Å². The van der Waals surface area contributed by atoms with E-state index in [1.807, 2.05) is 0 Å². The minimum absolute atomic E-state index is 0.136. The van der Waals surface area contributed by atoms with E-state index in [2.05, 4.69) is 11.2 Å². The molecule has 124 valence electrons. The summed E-state index contributed by atoms with van der Waals surface area (Å²) in [5, 5.41) is 18.8. The summed E-state index contributed by atoms with van der Waals surface area (Å²) < 4.78 is 25.3. The molecule has 0 aliphatic rings. The second-order valence-corrected chi connectivity index (χ2v) is 6.82. The molecule has 1 heterocycles. The van der Waals surface area contributed by atoms with Gasteiger partial charge in [0.15, 0.2) is 0 Å². The van der Waals surface area contributed by atoms with Crippen molar-refractivity contribution in [3.63, 3.8) is 0 Å². The molecule has 1 aromatic heterocycles. The van der Waals surface area contributed by atoms with Gasteiger partial charge in [0, 0.05) is 23.3 Å². The molecule has 0 saturated heterocycles. The van der Waals surface area contributed by atoms with E-state index in [0.29, 0.717) is 10.3 Å². The highest BCUT2D eigenvalue weighted by Crippen LogP contribution is 2.21. The summed E-state index contributed by atoms with van der Waals surface area (Å²) in [6.45, 7) is 1.53. The average molecular weight is 359 g/mol. The first-order valence-corrected chi connectivity index (χ1v) is 8.62. The van der Waals surface area contributed by atoms with Gasteiger partial charge in [-0.3, -0.25) is 8.74 Å². The third-order valence-electron chi connectivity index (χ3n) is 2.85. The van der Waals surface area contributed by atoms with Crippen molar-refractivity contribution in [3.05, 3.63) is 47.5 Å². The van der Waals surface area contributed by atoms with Crippen molar-refractivity contribution in [2.24, 2.45) is 0 Å². The number of aromatic hydroxyl groups is 2. The summed E-state index contributed by atoms with van der Waals surface area (Å²) in [5.74, 6) is -1.68. The number of aromatic nitrogens is 1. The van der Waals surface area contributed by atoms with Gasteiger partial charge in [0.25, 0.3) is 9.05 Å². The fourth-order valence-electron chi connectivity index (χ4n) is 1.76. The van der Waals surface area contributed by atoms with Crippen molar-refractivity contribution in [1.29, 1.82) is 0 Å². The maximum atomic E-state index is 11.9. The van der Waals surface area contributed by atoms with Crippen molar-refractivity contribution < 1.29 is 32.8 Å². The lowest BCUT2D eigenvalue weighted by atomic mass is 10.1. The molecule has 0 aliphatic heterocycles. The highest BCUT2D eigenvalue weighted by atomic mass is 32.9. The molecular formula is C13H13NO7S2. The zero-order valence-electron chi connectivity index (χ0n) is 11.8. The number of carbonyl (C=O) groups excluding carboxylic acids is 1. The van der Waals surface area contributed by atoms with E-state index >= 15 is 0 Å². The van der Waals surface area contributed by atoms with E-state index < -0.39 is 32.9 Å². The molecule has 10 heteroatoms. The van der Waals surface area contributed by atoms with Crippen molar-refractivity contribution in [2.75, 3.05) is 0 Å². The van der Waals surface area contributed by atoms with Gasteiger partial charge in [-0.2, -0.15) is 4.21 Å². The van der Waals surface area contributed by atoms with Gasteiger partial charge in [-0.05, 0) is 24.6 Å². The first-order chi connectivity index (χ1) is 10.7. The summed E-state index contributed by atoms with van der Waals surface area (Å²) in [7, 11) is -3.76. The van der Waals surface area contributed by atoms with E-state index in [-0.39, 0.29) is 5.56 Å². The van der Waals surface area contributed by atoms with Crippen molar-refractivity contribution >= 4 is 26.2 Å². The maximum Gasteiger partial charge on any atom is 0.363 e. The van der Waals surface area contributed by atoms with Crippen molar-refractivity contribution in [3.8, 4) is 11.8 Å². The van der Waals surface area contributed by atoms with Gasteiger partial charge in [0.05, 0.1) is 11.7 Å². The Bertz CT molecular complexity index is 792. The minimum Gasteiger partial charge on any atom is -0.492 e. The van der Waals surface area contributed by atoms with E-state index in [1.54, 1.807) is 0 Å². The molecule has 2 aromatic rings. The van der Waals surface area contributed by atoms with Crippen LogP contribution in [0, 0.1) is 0 Å². The highest BCUT2D eigenvalue weighted by Gasteiger charge is 2.16. The Hall–Kier alpha value is -2.14. The molecule has 2 atom stereocenters. The first kappa shape index (κ1) is 17.2. The molecule has 2 unspecified atom stereocenters. The molecule has 2 rings (SSSR count). The van der Waals surface area contributed by atoms with Crippen LogP contribution < -0.4 is 4.84 Å². The summed E-state index contributed by atoms with van der Waals surface area (Å²) >= 11 is 4.25. The standard InChI is InChI=1S/C13H13NO7S2/c1-8(21-23(18,19)22)9-2-4-10(5-3-9)13(17)20-14-11(15)6-7-12(14)16/h2-8,15-16H,1H3,(H,18,19,22). The molecule has 0 aliphatic carbocycles. The third-order valence-corrected chi connectivity index (χ3v) is 3.62. The SMILES string of the molecule is CC(OS(=O)(O)=S)c1ccc(C(=O)On2c(O)ccc2O)cc1. The Morgan fingerprint density at radius 3 is 2.17 bits per heavy atom. The van der Waals surface area contributed by atoms with Crippen LogP contribution in [0.15, 0.2) is 36.4 Å². The topological polar surface area (TPSA) is 118 Å². The van der Waals surface area contributed by atoms with Crippen LogP contribution >= 0.6 is 0 Å². The van der Waals surface area contributed by atoms with Crippen LogP contribution in [-0.4, -0.2) is 29.7 Å². The Labute approximate surface area is 136 Å². The molecule has 0 amide bonds. The summed E-state index contributed by atoms with van der Waals surface area (Å²) in [6, 6.07) is 8.11. The van der Waals surface area contributed by atoms with Crippen molar-refractivity contribution in [1.82, 2.24) is 4.73 Å². The van der Waals surface area contributed by atoms with Crippen molar-refractivity contribution in [2.45, 2.75) is 13.0 Å². The fourth-order valence-corrected chi connectivity index (χ4v) is 2.59. The number of benzene rings is 1. The fraction of sp³-hybridized carbons (Fsp3) is 0.154. The third kappa shape index (κ3) is 4.42. The van der Waals surface area contributed by atoms with Crippen LogP contribution in [0.2, 0.25) is 0 Å². The van der Waals surface area contributed by atoms with E-state index in [9.17, 15) is 19.2 Å². The molecule has 23 heavy (non-hydrogen) atoms. The molecule has 0 fully saturated rings. The Morgan fingerprint density at radius 2 is 1.70 bits per heavy atom. The number of hydrogen-bond acceptors (Lipinski definition) is 7. The Balaban J connectivity index is 2.11. The van der Waals surface area contributed by atoms with Gasteiger partial charge in [0.2, 0.25) is 11.8 Å². The average Bonchev–Trinajstić information content (AvgIpc) is 2.77. The molecule has 0 spiro atoms. The molecule has 8 nitrogen and oxygen atoms in total. The Morgan fingerprint density at radius 1 is 1.17 bits per heavy atom. The van der Waals surface area contributed by atoms with Crippen LogP contribution in [0.4, 0.5) is 0 Å². The van der Waals surface area contributed by atoms with Crippen LogP contribution in [-0.2, 0) is 24.4 Å². The minimum atomic E-state index is -3.76. The van der Waals surface area contributed by atoms with Gasteiger partial charge < -0.3 is 15.1 Å². The lowest BCUT2D eigenvalue weighted by Crippen LogP contribution is -2.19. The van der Waals surface area contributed by atoms with Gasteiger partial charge in [-0.1, -0.05) is 12.1 Å². The molecule has 1 aromatic carbocycles. The lowest BCUT2D eigenvalue weighted by molar-refractivity contribution is 0.0381. The first-order valence-electron chi connectivity index (χ1n) is 6.25. The van der Waals surface area contributed by atoms with E-state index in [1.165, 1.54) is 31.2 Å². The number of carbonyl (C=O) groups is 1. The zero-order valence-corrected chi connectivity index (χ0v) is 13.4. The van der Waals surface area contributed by atoms with E-state index in [0.717, 1.165) is 12.1 Å². The number of hydrogen-bond donors (Lipinski definition) is 3. The normalized spacial score (nSPS) is 14.9. The second-order valence-electron chi connectivity index (χ2n) is 4.51. The molecule has 0 bridgehead atoms. The van der Waals surface area contributed by atoms with Crippen LogP contribution in [0.3, 0.4) is 0 Å². The van der Waals surface area contributed by atoms with Crippen LogP contribution in [0.25, 0.3) is 0 Å². The lowest BCUT2D eigenvalue weighted by Gasteiger charge is -2.12. The number of nitrogens with zero attached hydrogens (tertiary/aromatic N) is 1. The zero-order chi connectivity index (χ0) is 17.2. The summed E-state index contributed by atoms with van der Waals surface area (Å²) in [4.78, 5) is 16.8. The van der Waals surface area contributed by atoms with Crippen LogP contribution in [0.5, 0.6) is 11.8 Å². The smallest absolute Gasteiger partial charge is 0.363 e. The van der Waals surface area contributed by atoms with Gasteiger partial charge in [0.1, 0.15) is 0 Å². The predicted octanol–water partition coefficient (Wildman–Crippen LogP) is 1.38. The summed E-state index contributed by atoms with van der Waals surface area (Å²) in [5.41, 5.74) is 0.663. The molecule has 0 saturated carbocycles. The Kier molecular flexibility index (Phi) is 4.90. The molecule has 0 radical (unpaired) electrons. The van der Waals surface area contributed by atoms with E-state index in [4.69, 9.17) is 13.6 Å². The van der Waals surface area contributed by atoms with Gasteiger partial charge in [-0.25, -0.2) is 4.79 Å². The maximum absolute atomic E-state index is 11.9. The quantitative estimate of drug-likeness (QED) is 0.733. The predicted molar refractivity (Wildman–Crippen MR) is 82.8 cm³/mol. The largest absolute Gasteiger partial charge is 0.492 e. The molecule has 3 N–H and O–H groups in total. The monoisotopic (exact) mass is 359 g/mol. The number of rotatable bonds is 5. The van der Waals surface area contributed by atoms with Gasteiger partial charge in [-0.15, -0.1) is 4.73 Å². The molecular weight excluding hydrogens is 346 g/mol. The second kappa shape index (κ2) is 6.54. The highest BCUT2D eigenvalue weighted by molar-refractivity contribution is 8.27. The summed E-state index contributed by atoms with van der Waals surface area (Å²) in [6.07, 6.45) is -0.743.